The molecule has 2 aromatic rings. The number of halogens is 6. The molecule has 1 aliphatic carbocycles. The number of hydrogen-bond donors (Lipinski definition) is 0. The van der Waals surface area contributed by atoms with Crippen LogP contribution in [-0.4, -0.2) is 73.8 Å². The van der Waals surface area contributed by atoms with Crippen molar-refractivity contribution in [2.75, 3.05) is 45.7 Å². The molecule has 0 radical (unpaired) electrons. The van der Waals surface area contributed by atoms with Crippen LogP contribution in [0.3, 0.4) is 0 Å². The van der Waals surface area contributed by atoms with Crippen LogP contribution < -0.4 is 4.90 Å². The van der Waals surface area contributed by atoms with E-state index in [0.717, 1.165) is 50.6 Å². The van der Waals surface area contributed by atoms with Crippen molar-refractivity contribution in [2.45, 2.75) is 37.8 Å². The second-order valence-electron chi connectivity index (χ2n) is 10.8. The molecule has 1 saturated heterocycles. The first-order valence-electron chi connectivity index (χ1n) is 13.1. The summed E-state index contributed by atoms with van der Waals surface area (Å²) in [5.41, 5.74) is -1.06. The van der Waals surface area contributed by atoms with E-state index >= 15 is 0 Å². The largest absolute Gasteiger partial charge is 0.416 e. The Hall–Kier alpha value is -2.95. The van der Waals surface area contributed by atoms with Gasteiger partial charge in [0.05, 0.1) is 11.1 Å². The van der Waals surface area contributed by atoms with Crippen LogP contribution in [0, 0.1) is 17.8 Å². The normalized spacial score (nSPS) is 20.4. The van der Waals surface area contributed by atoms with Crippen molar-refractivity contribution in [1.82, 2.24) is 14.8 Å². The minimum absolute atomic E-state index is 0.153. The first-order chi connectivity index (χ1) is 18.8. The van der Waals surface area contributed by atoms with E-state index in [-0.39, 0.29) is 29.1 Å². The minimum atomic E-state index is -4.69. The van der Waals surface area contributed by atoms with Crippen LogP contribution in [0.2, 0.25) is 5.15 Å². The van der Waals surface area contributed by atoms with Crippen molar-refractivity contribution in [2.24, 2.45) is 17.8 Å². The molecule has 3 unspecified atom stereocenters. The molecule has 4 rings (SSSR count). The van der Waals surface area contributed by atoms with Gasteiger partial charge in [0.25, 0.3) is 12.3 Å². The van der Waals surface area contributed by atoms with Gasteiger partial charge in [-0.3, -0.25) is 9.59 Å². The molecule has 3 atom stereocenters. The quantitative estimate of drug-likeness (QED) is 0.289. The number of nitrogens with zero attached hydrogens (tertiary/aromatic N) is 4. The van der Waals surface area contributed by atoms with Gasteiger partial charge in [-0.2, -0.15) is 13.2 Å². The number of hydrogen-bond acceptors (Lipinski definition) is 4. The summed E-state index contributed by atoms with van der Waals surface area (Å²) in [7, 11) is 4.72. The van der Waals surface area contributed by atoms with E-state index in [1.165, 1.54) is 16.8 Å². The minimum Gasteiger partial charge on any atom is -0.357 e. The summed E-state index contributed by atoms with van der Waals surface area (Å²) in [6, 6.07) is 7.08. The van der Waals surface area contributed by atoms with Crippen molar-refractivity contribution >= 4 is 29.2 Å². The summed E-state index contributed by atoms with van der Waals surface area (Å²) in [5.74, 6) is -1.43. The van der Waals surface area contributed by atoms with Gasteiger partial charge in [-0.15, -0.1) is 0 Å². The highest BCUT2D eigenvalue weighted by atomic mass is 35.5. The highest BCUT2D eigenvalue weighted by Crippen LogP contribution is 2.48. The van der Waals surface area contributed by atoms with E-state index in [1.807, 2.05) is 0 Å². The van der Waals surface area contributed by atoms with E-state index in [4.69, 9.17) is 11.6 Å². The third kappa shape index (κ3) is 6.67. The van der Waals surface area contributed by atoms with Gasteiger partial charge in [0.15, 0.2) is 0 Å². The van der Waals surface area contributed by atoms with Crippen LogP contribution in [0.1, 0.15) is 46.7 Å². The molecular formula is C28H32ClF5N4O2. The third-order valence-electron chi connectivity index (χ3n) is 7.89. The number of likely N-dealkylation sites (N-methyl/N-ethyl adjacent to an activating group) is 1. The van der Waals surface area contributed by atoms with Gasteiger partial charge in [-0.05, 0) is 60.8 Å². The Balaban J connectivity index is 1.31. The zero-order valence-electron chi connectivity index (χ0n) is 22.5. The first-order valence-corrected chi connectivity index (χ1v) is 13.5. The molecule has 2 aliphatic rings. The topological polar surface area (TPSA) is 56.8 Å². The molecule has 218 valence electrons. The Kier molecular flexibility index (Phi) is 8.92. The molecule has 40 heavy (non-hydrogen) atoms. The van der Waals surface area contributed by atoms with E-state index in [9.17, 15) is 31.5 Å². The predicted octanol–water partition coefficient (Wildman–Crippen LogP) is 5.82. The monoisotopic (exact) mass is 586 g/mol. The zero-order chi connectivity index (χ0) is 29.4. The van der Waals surface area contributed by atoms with Crippen LogP contribution >= 0.6 is 11.6 Å². The van der Waals surface area contributed by atoms with Crippen molar-refractivity contribution < 1.29 is 31.5 Å². The Labute approximate surface area is 235 Å². The van der Waals surface area contributed by atoms with Gasteiger partial charge in [0.1, 0.15) is 16.9 Å². The van der Waals surface area contributed by atoms with Gasteiger partial charge in [-0.1, -0.05) is 29.8 Å². The number of pyridine rings is 1. The number of carbonyl (C=O) groups excluding carboxylic acids is 2. The highest BCUT2D eigenvalue weighted by Gasteiger charge is 2.45. The lowest BCUT2D eigenvalue weighted by molar-refractivity contribution is -0.138. The van der Waals surface area contributed by atoms with Crippen LogP contribution in [0.15, 0.2) is 36.4 Å². The first kappa shape index (κ1) is 30.0. The molecule has 0 bridgehead atoms. The maximum Gasteiger partial charge on any atom is 0.416 e. The molecule has 2 amide bonds. The molecule has 6 nitrogen and oxygen atoms in total. The zero-order valence-corrected chi connectivity index (χ0v) is 23.2. The molecule has 1 aliphatic heterocycles. The molecule has 2 heterocycles. The van der Waals surface area contributed by atoms with Gasteiger partial charge < -0.3 is 14.7 Å². The number of alkyl halides is 5. The number of aromatic nitrogens is 1. The lowest BCUT2D eigenvalue weighted by Gasteiger charge is -2.33. The average Bonchev–Trinajstić information content (AvgIpc) is 3.66. The van der Waals surface area contributed by atoms with Crippen LogP contribution in [-0.2, 0) is 11.0 Å². The molecule has 0 N–H and O–H groups in total. The molecule has 12 heteroatoms. The fourth-order valence-electron chi connectivity index (χ4n) is 5.60. The molecule has 1 aromatic carbocycles. The van der Waals surface area contributed by atoms with Gasteiger partial charge in [0, 0.05) is 40.8 Å². The van der Waals surface area contributed by atoms with Gasteiger partial charge in [-0.25, -0.2) is 13.8 Å². The average molecular weight is 587 g/mol. The number of amides is 2. The second-order valence-corrected chi connectivity index (χ2v) is 11.2. The van der Waals surface area contributed by atoms with Crippen LogP contribution in [0.4, 0.5) is 27.8 Å². The van der Waals surface area contributed by atoms with E-state index in [2.05, 4.69) is 9.88 Å². The number of benzene rings is 1. The SMILES string of the molecule is CN(C)C(=O)c1ccc(N2CCC(C3CC3CN(C)C(=O)C(c3cccc(C(F)(F)F)c3)C(F)F)CC2)nc1Cl. The Morgan fingerprint density at radius 3 is 2.35 bits per heavy atom. The predicted molar refractivity (Wildman–Crippen MR) is 142 cm³/mol. The van der Waals surface area contributed by atoms with Crippen LogP contribution in [0.5, 0.6) is 0 Å². The fourth-order valence-corrected chi connectivity index (χ4v) is 5.83. The highest BCUT2D eigenvalue weighted by molar-refractivity contribution is 6.32. The van der Waals surface area contributed by atoms with Gasteiger partial charge >= 0.3 is 6.18 Å². The molecule has 0 spiro atoms. The number of anilines is 1. The molecule has 2 fully saturated rings. The van der Waals surface area contributed by atoms with Crippen LogP contribution in [0.25, 0.3) is 0 Å². The number of rotatable bonds is 8. The van der Waals surface area contributed by atoms with E-state index in [1.54, 1.807) is 26.2 Å². The Morgan fingerprint density at radius 2 is 1.77 bits per heavy atom. The summed E-state index contributed by atoms with van der Waals surface area (Å²) >= 11 is 6.26. The molecule has 1 aromatic heterocycles. The van der Waals surface area contributed by atoms with Crippen molar-refractivity contribution in [3.63, 3.8) is 0 Å². The van der Waals surface area contributed by atoms with Crippen molar-refractivity contribution in [3.05, 3.63) is 58.2 Å². The lowest BCUT2D eigenvalue weighted by atomic mass is 9.90. The van der Waals surface area contributed by atoms with Gasteiger partial charge in [0.2, 0.25) is 5.91 Å². The summed E-state index contributed by atoms with van der Waals surface area (Å²) in [4.78, 5) is 34.3. The summed E-state index contributed by atoms with van der Waals surface area (Å²) in [5, 5.41) is 0.153. The number of carbonyl (C=O) groups is 2. The smallest absolute Gasteiger partial charge is 0.357 e. The lowest BCUT2D eigenvalue weighted by Crippen LogP contribution is -2.37. The maximum atomic E-state index is 13.9. The molecular weight excluding hydrogens is 555 g/mol. The second kappa shape index (κ2) is 11.9. The van der Waals surface area contributed by atoms with E-state index in [0.29, 0.717) is 29.3 Å². The molecule has 1 saturated carbocycles. The van der Waals surface area contributed by atoms with Crippen molar-refractivity contribution in [3.8, 4) is 0 Å². The summed E-state index contributed by atoms with van der Waals surface area (Å²) in [6.07, 6.45) is -5.17. The van der Waals surface area contributed by atoms with E-state index < -0.39 is 30.0 Å². The number of piperidine rings is 1. The third-order valence-corrected chi connectivity index (χ3v) is 8.18. The summed E-state index contributed by atoms with van der Waals surface area (Å²) in [6.45, 7) is 1.77. The standard InChI is InChI=1S/C28H32ClF5N4O2/c1-36(2)26(39)20-7-8-22(35-24(20)29)38-11-9-16(10-12-38)21-14-18(21)15-37(3)27(40)23(25(30)31)17-5-4-6-19(13-17)28(32,33)34/h4-8,13,16,18,21,23,25H,9-12,14-15H2,1-3H3. The Morgan fingerprint density at radius 1 is 1.10 bits per heavy atom. The van der Waals surface area contributed by atoms with Crippen molar-refractivity contribution in [1.29, 1.82) is 0 Å². The Bertz CT molecular complexity index is 1230. The summed E-state index contributed by atoms with van der Waals surface area (Å²) < 4.78 is 67.0. The fraction of sp³-hybridized carbons (Fsp3) is 0.536. The maximum absolute atomic E-state index is 13.9.